The second-order valence-corrected chi connectivity index (χ2v) is 5.96. The lowest BCUT2D eigenvalue weighted by Crippen LogP contribution is -2.64. The maximum atomic E-state index is 12.4. The summed E-state index contributed by atoms with van der Waals surface area (Å²) in [6.45, 7) is 7.19. The zero-order valence-corrected chi connectivity index (χ0v) is 15.8. The Morgan fingerprint density at radius 2 is 1.93 bits per heavy atom. The van der Waals surface area contributed by atoms with E-state index in [1.807, 2.05) is 16.9 Å². The predicted octanol–water partition coefficient (Wildman–Crippen LogP) is 0.0754. The molecular formula is C18H22N4O6. The maximum absolute atomic E-state index is 12.4. The number of aromatic amines is 2. The highest BCUT2D eigenvalue weighted by molar-refractivity contribution is 6.19. The van der Waals surface area contributed by atoms with Crippen molar-refractivity contribution in [3.05, 3.63) is 39.6 Å². The number of H-pyrrole nitrogens is 2. The lowest BCUT2D eigenvalue weighted by atomic mass is 9.71. The molecule has 1 saturated heterocycles. The fourth-order valence-corrected chi connectivity index (χ4v) is 2.58. The van der Waals surface area contributed by atoms with Gasteiger partial charge in [0.05, 0.1) is 6.07 Å². The number of urea groups is 1. The van der Waals surface area contributed by atoms with Gasteiger partial charge in [0.1, 0.15) is 5.41 Å². The number of hydrogen-bond acceptors (Lipinski definition) is 6. The third-order valence-electron chi connectivity index (χ3n) is 4.06. The van der Waals surface area contributed by atoms with Crippen LogP contribution in [0.3, 0.4) is 0 Å². The third-order valence-corrected chi connectivity index (χ3v) is 4.06. The van der Waals surface area contributed by atoms with Gasteiger partial charge in [0.15, 0.2) is 5.88 Å². The van der Waals surface area contributed by atoms with E-state index in [1.54, 1.807) is 6.92 Å². The molecule has 1 aliphatic rings. The number of aromatic hydroxyl groups is 1. The molecule has 4 N–H and O–H groups in total. The van der Waals surface area contributed by atoms with Gasteiger partial charge in [-0.25, -0.2) is 9.59 Å². The van der Waals surface area contributed by atoms with Gasteiger partial charge >= 0.3 is 11.7 Å². The summed E-state index contributed by atoms with van der Waals surface area (Å²) in [4.78, 5) is 61.3. The summed E-state index contributed by atoms with van der Waals surface area (Å²) < 4.78 is 0. The van der Waals surface area contributed by atoms with Crippen molar-refractivity contribution in [2.75, 3.05) is 7.05 Å². The van der Waals surface area contributed by atoms with E-state index >= 15 is 0 Å². The van der Waals surface area contributed by atoms with Gasteiger partial charge in [-0.3, -0.25) is 34.6 Å². The van der Waals surface area contributed by atoms with Crippen molar-refractivity contribution in [1.29, 1.82) is 0 Å². The van der Waals surface area contributed by atoms with Gasteiger partial charge in [0.25, 0.3) is 5.56 Å². The Kier molecular flexibility index (Phi) is 7.50. The van der Waals surface area contributed by atoms with Crippen LogP contribution in [0.15, 0.2) is 28.3 Å². The molecule has 1 aromatic heterocycles. The lowest BCUT2D eigenvalue weighted by molar-refractivity contribution is -0.152. The zero-order chi connectivity index (χ0) is 21.5. The summed E-state index contributed by atoms with van der Waals surface area (Å²) in [6, 6.07) is 0.173. The molecule has 150 valence electrons. The SMILES string of the molecule is C=CCC1(C(C)C#CCC)C(=O)NC(=O)N(C)C1=O.O=c1cc(O)[nH]c(=O)[nH]1. The van der Waals surface area contributed by atoms with E-state index in [2.05, 4.69) is 23.7 Å². The van der Waals surface area contributed by atoms with Crippen molar-refractivity contribution in [3.63, 3.8) is 0 Å². The first-order valence-electron chi connectivity index (χ1n) is 8.35. The maximum Gasteiger partial charge on any atom is 0.330 e. The van der Waals surface area contributed by atoms with E-state index in [9.17, 15) is 24.0 Å². The largest absolute Gasteiger partial charge is 0.494 e. The number of nitrogens with one attached hydrogen (secondary N) is 3. The molecule has 0 aromatic carbocycles. The molecule has 2 heterocycles. The third kappa shape index (κ3) is 4.76. The quantitative estimate of drug-likeness (QED) is 0.326. The summed E-state index contributed by atoms with van der Waals surface area (Å²) in [5.41, 5.74) is -2.69. The molecule has 0 radical (unpaired) electrons. The average Bonchev–Trinajstić information content (AvgIpc) is 2.61. The molecule has 2 rings (SSSR count). The molecular weight excluding hydrogens is 368 g/mol. The van der Waals surface area contributed by atoms with Crippen LogP contribution in [0.1, 0.15) is 26.7 Å². The molecule has 0 aliphatic carbocycles. The normalized spacial score (nSPS) is 19.5. The molecule has 1 aliphatic heterocycles. The van der Waals surface area contributed by atoms with E-state index in [-0.39, 0.29) is 6.42 Å². The number of hydrogen-bond donors (Lipinski definition) is 4. The van der Waals surface area contributed by atoms with Crippen molar-refractivity contribution in [1.82, 2.24) is 20.2 Å². The second-order valence-electron chi connectivity index (χ2n) is 5.96. The highest BCUT2D eigenvalue weighted by Crippen LogP contribution is 2.36. The molecule has 10 heteroatoms. The predicted molar refractivity (Wildman–Crippen MR) is 100 cm³/mol. The Balaban J connectivity index is 0.000000362. The summed E-state index contributed by atoms with van der Waals surface area (Å²) in [7, 11) is 1.35. The minimum Gasteiger partial charge on any atom is -0.494 e. The fraction of sp³-hybridized carbons (Fsp3) is 0.389. The van der Waals surface area contributed by atoms with Crippen LogP contribution in [0.25, 0.3) is 0 Å². The van der Waals surface area contributed by atoms with Crippen LogP contribution < -0.4 is 16.6 Å². The fourth-order valence-electron chi connectivity index (χ4n) is 2.58. The van der Waals surface area contributed by atoms with E-state index in [4.69, 9.17) is 5.11 Å². The Hall–Kier alpha value is -3.61. The Labute approximate surface area is 160 Å². The molecule has 1 aromatic rings. The van der Waals surface area contributed by atoms with Gasteiger partial charge in [-0.15, -0.1) is 12.5 Å². The molecule has 0 saturated carbocycles. The summed E-state index contributed by atoms with van der Waals surface area (Å²) in [6.07, 6.45) is 2.29. The minimum absolute atomic E-state index is 0.148. The average molecular weight is 390 g/mol. The first kappa shape index (κ1) is 22.4. The van der Waals surface area contributed by atoms with Crippen molar-refractivity contribution in [2.45, 2.75) is 26.7 Å². The summed E-state index contributed by atoms with van der Waals surface area (Å²) in [5.74, 6) is 3.74. The number of aromatic nitrogens is 2. The van der Waals surface area contributed by atoms with Crippen LogP contribution >= 0.6 is 0 Å². The number of nitrogens with zero attached hydrogens (tertiary/aromatic N) is 1. The molecule has 2 atom stereocenters. The van der Waals surface area contributed by atoms with Crippen LogP contribution in [-0.2, 0) is 9.59 Å². The van der Waals surface area contributed by atoms with Crippen molar-refractivity contribution < 1.29 is 19.5 Å². The van der Waals surface area contributed by atoms with Crippen LogP contribution in [0.2, 0.25) is 0 Å². The molecule has 1 fully saturated rings. The van der Waals surface area contributed by atoms with E-state index in [1.165, 1.54) is 13.1 Å². The molecule has 0 spiro atoms. The molecule has 2 unspecified atom stereocenters. The number of allylic oxidation sites excluding steroid dienone is 1. The van der Waals surface area contributed by atoms with Crippen LogP contribution in [-0.4, -0.2) is 44.9 Å². The summed E-state index contributed by atoms with van der Waals surface area (Å²) in [5, 5.41) is 10.7. The Morgan fingerprint density at radius 3 is 2.43 bits per heavy atom. The monoisotopic (exact) mass is 390 g/mol. The van der Waals surface area contributed by atoms with Crippen LogP contribution in [0.4, 0.5) is 4.79 Å². The van der Waals surface area contributed by atoms with Crippen molar-refractivity contribution in [3.8, 4) is 17.7 Å². The first-order chi connectivity index (χ1) is 13.1. The molecule has 4 amide bonds. The van der Waals surface area contributed by atoms with Gasteiger partial charge < -0.3 is 5.11 Å². The lowest BCUT2D eigenvalue weighted by Gasteiger charge is -2.39. The highest BCUT2D eigenvalue weighted by Gasteiger charge is 2.55. The number of amides is 4. The van der Waals surface area contributed by atoms with E-state index in [0.29, 0.717) is 6.42 Å². The zero-order valence-electron chi connectivity index (χ0n) is 15.8. The van der Waals surface area contributed by atoms with E-state index < -0.39 is 46.3 Å². The minimum atomic E-state index is -1.37. The Bertz CT molecular complexity index is 923. The Morgan fingerprint density at radius 1 is 1.29 bits per heavy atom. The van der Waals surface area contributed by atoms with Gasteiger partial charge in [-0.05, 0) is 13.3 Å². The number of barbiturate groups is 1. The van der Waals surface area contributed by atoms with Crippen molar-refractivity contribution >= 4 is 17.8 Å². The molecule has 10 nitrogen and oxygen atoms in total. The van der Waals surface area contributed by atoms with E-state index in [0.717, 1.165) is 11.0 Å². The van der Waals surface area contributed by atoms with Gasteiger partial charge in [-0.1, -0.05) is 18.9 Å². The standard InChI is InChI=1S/C14H18N2O3.C4H4N2O3/c1-5-7-8-10(3)14(9-6-2)11(17)15-13(19)16(4)12(14)18;7-2-1-3(8)6-4(9)5-2/h6,10H,2,5,9H2,1,3-4H3,(H,15,17,19);1H,(H3,5,6,7,8,9). The smallest absolute Gasteiger partial charge is 0.330 e. The molecule has 28 heavy (non-hydrogen) atoms. The number of carbonyl (C=O) groups excluding carboxylic acids is 3. The summed E-state index contributed by atoms with van der Waals surface area (Å²) >= 11 is 0. The number of carbonyl (C=O) groups is 3. The first-order valence-corrected chi connectivity index (χ1v) is 8.35. The van der Waals surface area contributed by atoms with Gasteiger partial charge in [-0.2, -0.15) is 0 Å². The van der Waals surface area contributed by atoms with Gasteiger partial charge in [0, 0.05) is 19.4 Å². The highest BCUT2D eigenvalue weighted by atomic mass is 16.3. The van der Waals surface area contributed by atoms with Crippen molar-refractivity contribution in [2.24, 2.45) is 11.3 Å². The van der Waals surface area contributed by atoms with Gasteiger partial charge in [0.2, 0.25) is 11.8 Å². The second kappa shape index (κ2) is 9.36. The van der Waals surface area contributed by atoms with Crippen LogP contribution in [0.5, 0.6) is 5.88 Å². The van der Waals surface area contributed by atoms with Crippen LogP contribution in [0, 0.1) is 23.2 Å². The number of imide groups is 2. The molecule has 0 bridgehead atoms. The number of rotatable bonds is 3. The topological polar surface area (TPSA) is 152 Å².